The van der Waals surface area contributed by atoms with Gasteiger partial charge in [0.2, 0.25) is 5.78 Å². The highest BCUT2D eigenvalue weighted by molar-refractivity contribution is 7.98. The number of thioether (sulfide) groups is 1. The van der Waals surface area contributed by atoms with Gasteiger partial charge in [-0.05, 0) is 55.3 Å². The van der Waals surface area contributed by atoms with Crippen LogP contribution >= 0.6 is 11.8 Å². The minimum Gasteiger partial charge on any atom is -0.291 e. The minimum absolute atomic E-state index is 0.669. The second kappa shape index (κ2) is 7.72. The van der Waals surface area contributed by atoms with Gasteiger partial charge < -0.3 is 0 Å². The Morgan fingerprint density at radius 1 is 0.967 bits per heavy atom. The first-order valence-electron chi connectivity index (χ1n) is 9.54. The van der Waals surface area contributed by atoms with Crippen LogP contribution in [0.5, 0.6) is 0 Å². The Hall–Kier alpha value is -3.52. The predicted octanol–water partition coefficient (Wildman–Crippen LogP) is 4.28. The highest BCUT2D eigenvalue weighted by atomic mass is 32.2. The number of nitrogens with zero attached hydrogens (tertiary/aromatic N) is 7. The van der Waals surface area contributed by atoms with Crippen molar-refractivity contribution in [1.29, 1.82) is 0 Å². The average molecular weight is 414 g/mol. The van der Waals surface area contributed by atoms with Crippen LogP contribution in [0.3, 0.4) is 0 Å². The van der Waals surface area contributed by atoms with Crippen LogP contribution in [0, 0.1) is 13.8 Å². The molecule has 0 aliphatic carbocycles. The molecule has 0 atom stereocenters. The Labute approximate surface area is 177 Å². The molecule has 148 valence electrons. The summed E-state index contributed by atoms with van der Waals surface area (Å²) in [7, 11) is 0. The summed E-state index contributed by atoms with van der Waals surface area (Å²) in [5, 5.41) is 9.81. The molecule has 5 rings (SSSR count). The molecule has 0 radical (unpaired) electrons. The van der Waals surface area contributed by atoms with Crippen molar-refractivity contribution in [2.24, 2.45) is 0 Å². The van der Waals surface area contributed by atoms with Gasteiger partial charge in [-0.25, -0.2) is 9.97 Å². The first-order chi connectivity index (χ1) is 14.7. The lowest BCUT2D eigenvalue weighted by molar-refractivity contribution is 0.883. The van der Waals surface area contributed by atoms with E-state index in [-0.39, 0.29) is 0 Å². The van der Waals surface area contributed by atoms with Gasteiger partial charge >= 0.3 is 0 Å². The van der Waals surface area contributed by atoms with Gasteiger partial charge in [0.05, 0.1) is 11.4 Å². The summed E-state index contributed by atoms with van der Waals surface area (Å²) in [5.41, 5.74) is 5.43. The largest absolute Gasteiger partial charge is 0.291 e. The fourth-order valence-corrected chi connectivity index (χ4v) is 4.07. The smallest absolute Gasteiger partial charge is 0.233 e. The van der Waals surface area contributed by atoms with Crippen LogP contribution < -0.4 is 0 Å². The van der Waals surface area contributed by atoms with Crippen LogP contribution in [0.4, 0.5) is 0 Å². The molecule has 7 nitrogen and oxygen atoms in total. The maximum Gasteiger partial charge on any atom is 0.233 e. The maximum atomic E-state index is 4.59. The van der Waals surface area contributed by atoms with Crippen LogP contribution in [0.1, 0.15) is 16.8 Å². The molecule has 0 aliphatic rings. The van der Waals surface area contributed by atoms with Crippen molar-refractivity contribution in [2.45, 2.75) is 24.8 Å². The van der Waals surface area contributed by atoms with E-state index in [0.29, 0.717) is 11.5 Å². The number of benzene rings is 1. The number of imidazole rings is 1. The number of aryl methyl sites for hydroxylation is 2. The Morgan fingerprint density at radius 3 is 2.63 bits per heavy atom. The molecule has 0 spiro atoms. The first kappa shape index (κ1) is 18.5. The van der Waals surface area contributed by atoms with E-state index < -0.39 is 0 Å². The molecule has 4 heterocycles. The average Bonchev–Trinajstić information content (AvgIpc) is 3.38. The molecule has 8 heteroatoms. The van der Waals surface area contributed by atoms with Gasteiger partial charge in [0, 0.05) is 42.3 Å². The van der Waals surface area contributed by atoms with Crippen LogP contribution in [0.2, 0.25) is 0 Å². The third-order valence-corrected chi connectivity index (χ3v) is 5.92. The molecule has 0 N–H and O–H groups in total. The van der Waals surface area contributed by atoms with E-state index in [4.69, 9.17) is 0 Å². The molecule has 30 heavy (non-hydrogen) atoms. The molecule has 0 bridgehead atoms. The molecule has 0 amide bonds. The van der Waals surface area contributed by atoms with Crippen molar-refractivity contribution in [3.63, 3.8) is 0 Å². The van der Waals surface area contributed by atoms with Gasteiger partial charge in [-0.2, -0.15) is 0 Å². The van der Waals surface area contributed by atoms with Gasteiger partial charge in [-0.15, -0.1) is 10.2 Å². The molecule has 4 aromatic heterocycles. The standard InChI is InChI=1S/C22H19N7S/c1-15-4-5-19(12-16(15)2)29-20(17-6-9-23-10-7-17)26-27-22(29)30-14-18-13-28-11-3-8-24-21(28)25-18/h3-13H,14H2,1-2H3. The van der Waals surface area contributed by atoms with Crippen molar-refractivity contribution in [2.75, 3.05) is 0 Å². The number of rotatable bonds is 5. The van der Waals surface area contributed by atoms with E-state index in [1.807, 2.05) is 35.0 Å². The van der Waals surface area contributed by atoms with E-state index in [0.717, 1.165) is 27.9 Å². The van der Waals surface area contributed by atoms with Crippen molar-refractivity contribution in [3.05, 3.63) is 84.2 Å². The van der Waals surface area contributed by atoms with Gasteiger partial charge in [0.15, 0.2) is 11.0 Å². The molecule has 1 aromatic carbocycles. The van der Waals surface area contributed by atoms with Crippen molar-refractivity contribution in [1.82, 2.24) is 34.1 Å². The normalized spacial score (nSPS) is 11.3. The van der Waals surface area contributed by atoms with E-state index >= 15 is 0 Å². The Kier molecular flexibility index (Phi) is 4.76. The second-order valence-electron chi connectivity index (χ2n) is 6.99. The monoisotopic (exact) mass is 413 g/mol. The van der Waals surface area contributed by atoms with Crippen molar-refractivity contribution in [3.8, 4) is 17.1 Å². The first-order valence-corrected chi connectivity index (χ1v) is 10.5. The third-order valence-electron chi connectivity index (χ3n) is 4.96. The molecule has 0 saturated carbocycles. The Morgan fingerprint density at radius 2 is 1.83 bits per heavy atom. The fourth-order valence-electron chi connectivity index (χ4n) is 3.24. The highest BCUT2D eigenvalue weighted by Crippen LogP contribution is 2.30. The molecule has 0 fully saturated rings. The quantitative estimate of drug-likeness (QED) is 0.400. The molecule has 0 unspecified atom stereocenters. The summed E-state index contributed by atoms with van der Waals surface area (Å²) in [6, 6.07) is 12.2. The van der Waals surface area contributed by atoms with E-state index in [2.05, 4.69) is 61.8 Å². The summed E-state index contributed by atoms with van der Waals surface area (Å²) in [4.78, 5) is 13.0. The zero-order valence-corrected chi connectivity index (χ0v) is 17.4. The number of aromatic nitrogens is 7. The van der Waals surface area contributed by atoms with Gasteiger partial charge in [0.25, 0.3) is 0 Å². The molecule has 5 aromatic rings. The van der Waals surface area contributed by atoms with Crippen molar-refractivity contribution >= 4 is 17.5 Å². The third kappa shape index (κ3) is 3.46. The lowest BCUT2D eigenvalue weighted by Crippen LogP contribution is -2.01. The summed E-state index contributed by atoms with van der Waals surface area (Å²) in [5.74, 6) is 2.16. The SMILES string of the molecule is Cc1ccc(-n2c(SCc3cn4cccnc4n3)nnc2-c2ccncc2)cc1C. The Bertz CT molecular complexity index is 1290. The number of hydrogen-bond donors (Lipinski definition) is 0. The fraction of sp³-hybridized carbons (Fsp3) is 0.136. The summed E-state index contributed by atoms with van der Waals surface area (Å²) < 4.78 is 4.02. The predicted molar refractivity (Wildman–Crippen MR) is 117 cm³/mol. The summed E-state index contributed by atoms with van der Waals surface area (Å²) in [6.07, 6.45) is 9.23. The topological polar surface area (TPSA) is 73.8 Å². The highest BCUT2D eigenvalue weighted by Gasteiger charge is 2.17. The van der Waals surface area contributed by atoms with Gasteiger partial charge in [-0.3, -0.25) is 14.0 Å². The summed E-state index contributed by atoms with van der Waals surface area (Å²) in [6.45, 7) is 4.23. The number of fused-ring (bicyclic) bond motifs is 1. The van der Waals surface area contributed by atoms with E-state index in [1.54, 1.807) is 30.4 Å². The lowest BCUT2D eigenvalue weighted by Gasteiger charge is -2.12. The van der Waals surface area contributed by atoms with Gasteiger partial charge in [-0.1, -0.05) is 17.8 Å². The van der Waals surface area contributed by atoms with Crippen LogP contribution in [-0.2, 0) is 5.75 Å². The zero-order valence-electron chi connectivity index (χ0n) is 16.6. The number of hydrogen-bond acceptors (Lipinski definition) is 6. The van der Waals surface area contributed by atoms with Gasteiger partial charge in [0.1, 0.15) is 0 Å². The number of pyridine rings is 1. The Balaban J connectivity index is 1.54. The lowest BCUT2D eigenvalue weighted by atomic mass is 10.1. The van der Waals surface area contributed by atoms with Crippen LogP contribution in [-0.4, -0.2) is 34.1 Å². The van der Waals surface area contributed by atoms with Crippen LogP contribution in [0.15, 0.2) is 72.5 Å². The second-order valence-corrected chi connectivity index (χ2v) is 7.94. The van der Waals surface area contributed by atoms with Crippen molar-refractivity contribution < 1.29 is 0 Å². The summed E-state index contributed by atoms with van der Waals surface area (Å²) >= 11 is 1.61. The maximum absolute atomic E-state index is 4.59. The molecular formula is C22H19N7S. The molecule has 0 saturated heterocycles. The molecular weight excluding hydrogens is 394 g/mol. The van der Waals surface area contributed by atoms with E-state index in [1.165, 1.54) is 11.1 Å². The van der Waals surface area contributed by atoms with E-state index in [9.17, 15) is 0 Å². The molecule has 0 aliphatic heterocycles. The van der Waals surface area contributed by atoms with Crippen LogP contribution in [0.25, 0.3) is 22.9 Å². The minimum atomic E-state index is 0.669. The zero-order chi connectivity index (χ0) is 20.5.